The minimum atomic E-state index is -3.45. The zero-order valence-corrected chi connectivity index (χ0v) is 16.6. The van der Waals surface area contributed by atoms with Crippen LogP contribution >= 0.6 is 0 Å². The van der Waals surface area contributed by atoms with Gasteiger partial charge in [0.15, 0.2) is 5.96 Å². The van der Waals surface area contributed by atoms with Crippen LogP contribution in [0.3, 0.4) is 0 Å². The minimum absolute atomic E-state index is 0.347. The molecule has 0 radical (unpaired) electrons. The van der Waals surface area contributed by atoms with Gasteiger partial charge >= 0.3 is 0 Å². The number of rotatable bonds is 6. The first-order chi connectivity index (χ1) is 12.5. The molecule has 2 unspecified atom stereocenters. The third kappa shape index (κ3) is 4.57. The van der Waals surface area contributed by atoms with E-state index in [1.807, 2.05) is 19.1 Å². The molecular formula is C19H30N4O2S. The molecule has 2 aliphatic rings. The van der Waals surface area contributed by atoms with Gasteiger partial charge in [0.2, 0.25) is 10.0 Å². The van der Waals surface area contributed by atoms with Crippen molar-refractivity contribution in [1.82, 2.24) is 14.9 Å². The van der Waals surface area contributed by atoms with Gasteiger partial charge in [-0.2, -0.15) is 4.31 Å². The molecule has 1 aromatic carbocycles. The zero-order valence-electron chi connectivity index (χ0n) is 15.7. The average molecular weight is 379 g/mol. The highest BCUT2D eigenvalue weighted by Gasteiger charge is 2.33. The van der Waals surface area contributed by atoms with Crippen LogP contribution in [0.15, 0.2) is 34.2 Å². The standard InChI is InChI=1S/C19H30N4O2S/c1-3-20-19(22-17-13-15(17)2)21-14-16-9-5-6-10-18(16)26(24,25)23-11-7-4-8-12-23/h5-6,9-10,15,17H,3-4,7-8,11-14H2,1-2H3,(H2,20,21,22). The van der Waals surface area contributed by atoms with Crippen LogP contribution < -0.4 is 10.6 Å². The zero-order chi connectivity index (χ0) is 18.6. The lowest BCUT2D eigenvalue weighted by molar-refractivity contribution is 0.346. The van der Waals surface area contributed by atoms with Crippen LogP contribution in [-0.2, 0) is 16.6 Å². The summed E-state index contributed by atoms with van der Waals surface area (Å²) >= 11 is 0. The Labute approximate surface area is 157 Å². The lowest BCUT2D eigenvalue weighted by Crippen LogP contribution is -2.39. The Kier molecular flexibility index (Phi) is 6.19. The van der Waals surface area contributed by atoms with Crippen LogP contribution in [0.1, 0.15) is 45.1 Å². The largest absolute Gasteiger partial charge is 0.357 e. The van der Waals surface area contributed by atoms with Crippen molar-refractivity contribution in [2.45, 2.75) is 57.0 Å². The normalized spacial score (nSPS) is 24.3. The van der Waals surface area contributed by atoms with Gasteiger partial charge in [-0.25, -0.2) is 13.4 Å². The van der Waals surface area contributed by atoms with E-state index in [2.05, 4.69) is 22.5 Å². The van der Waals surface area contributed by atoms with Crippen LogP contribution in [0.5, 0.6) is 0 Å². The molecule has 26 heavy (non-hydrogen) atoms. The summed E-state index contributed by atoms with van der Waals surface area (Å²) in [6, 6.07) is 7.71. The maximum absolute atomic E-state index is 13.1. The molecule has 1 saturated heterocycles. The predicted molar refractivity (Wildman–Crippen MR) is 105 cm³/mol. The molecule has 1 aliphatic carbocycles. The van der Waals surface area contributed by atoms with Crippen molar-refractivity contribution in [1.29, 1.82) is 0 Å². The number of hydrogen-bond donors (Lipinski definition) is 2. The van der Waals surface area contributed by atoms with Crippen LogP contribution in [0.4, 0.5) is 0 Å². The second kappa shape index (κ2) is 8.39. The summed E-state index contributed by atoms with van der Waals surface area (Å²) in [5.74, 6) is 1.43. The fraction of sp³-hybridized carbons (Fsp3) is 0.632. The van der Waals surface area contributed by atoms with Gasteiger partial charge in [-0.3, -0.25) is 0 Å². The van der Waals surface area contributed by atoms with Gasteiger partial charge in [0.05, 0.1) is 11.4 Å². The minimum Gasteiger partial charge on any atom is -0.357 e. The molecule has 144 valence electrons. The molecule has 3 rings (SSSR count). The number of benzene rings is 1. The average Bonchev–Trinajstić information content (AvgIpc) is 3.35. The first-order valence-corrected chi connectivity index (χ1v) is 11.1. The predicted octanol–water partition coefficient (Wildman–Crippen LogP) is 2.32. The Morgan fingerprint density at radius 2 is 1.92 bits per heavy atom. The van der Waals surface area contributed by atoms with Gasteiger partial charge in [0, 0.05) is 25.7 Å². The molecule has 1 aliphatic heterocycles. The summed E-state index contributed by atoms with van der Waals surface area (Å²) in [4.78, 5) is 5.02. The summed E-state index contributed by atoms with van der Waals surface area (Å²) < 4.78 is 27.7. The van der Waals surface area contributed by atoms with E-state index in [-0.39, 0.29) is 0 Å². The van der Waals surface area contributed by atoms with Crippen molar-refractivity contribution in [3.8, 4) is 0 Å². The van der Waals surface area contributed by atoms with Gasteiger partial charge in [0.25, 0.3) is 0 Å². The maximum Gasteiger partial charge on any atom is 0.243 e. The van der Waals surface area contributed by atoms with Crippen LogP contribution in [0, 0.1) is 5.92 Å². The van der Waals surface area contributed by atoms with Gasteiger partial charge in [-0.15, -0.1) is 0 Å². The Bertz CT molecular complexity index is 742. The quantitative estimate of drug-likeness (QED) is 0.589. The Balaban J connectivity index is 1.78. The summed E-state index contributed by atoms with van der Waals surface area (Å²) in [5.41, 5.74) is 0.749. The molecule has 2 atom stereocenters. The summed E-state index contributed by atoms with van der Waals surface area (Å²) in [6.07, 6.45) is 4.14. The van der Waals surface area contributed by atoms with Gasteiger partial charge in [-0.1, -0.05) is 31.5 Å². The van der Waals surface area contributed by atoms with Crippen molar-refractivity contribution in [3.63, 3.8) is 0 Å². The van der Waals surface area contributed by atoms with E-state index >= 15 is 0 Å². The number of nitrogens with one attached hydrogen (secondary N) is 2. The lowest BCUT2D eigenvalue weighted by Gasteiger charge is -2.26. The molecule has 2 N–H and O–H groups in total. The summed E-state index contributed by atoms with van der Waals surface area (Å²) in [6.45, 7) is 6.59. The molecule has 2 fully saturated rings. The second-order valence-electron chi connectivity index (χ2n) is 7.23. The topological polar surface area (TPSA) is 73.8 Å². The van der Waals surface area contributed by atoms with Crippen LogP contribution in [-0.4, -0.2) is 44.4 Å². The van der Waals surface area contributed by atoms with Gasteiger partial charge in [0.1, 0.15) is 0 Å². The first-order valence-electron chi connectivity index (χ1n) is 9.65. The molecule has 1 heterocycles. The number of hydrogen-bond acceptors (Lipinski definition) is 3. The van der Waals surface area contributed by atoms with Crippen LogP contribution in [0.25, 0.3) is 0 Å². The van der Waals surface area contributed by atoms with Gasteiger partial charge < -0.3 is 10.6 Å². The van der Waals surface area contributed by atoms with E-state index in [1.165, 1.54) is 0 Å². The lowest BCUT2D eigenvalue weighted by atomic mass is 10.2. The molecule has 1 aromatic rings. The third-order valence-corrected chi connectivity index (χ3v) is 7.09. The Hall–Kier alpha value is -1.60. The number of piperidine rings is 1. The van der Waals surface area contributed by atoms with E-state index in [4.69, 9.17) is 0 Å². The molecule has 0 aromatic heterocycles. The molecular weight excluding hydrogens is 348 g/mol. The highest BCUT2D eigenvalue weighted by Crippen LogP contribution is 2.29. The number of nitrogens with zero attached hydrogens (tertiary/aromatic N) is 2. The van der Waals surface area contributed by atoms with Crippen molar-refractivity contribution in [2.24, 2.45) is 10.9 Å². The van der Waals surface area contributed by atoms with E-state index in [9.17, 15) is 8.42 Å². The Morgan fingerprint density at radius 1 is 1.23 bits per heavy atom. The fourth-order valence-electron chi connectivity index (χ4n) is 3.31. The Morgan fingerprint density at radius 3 is 2.58 bits per heavy atom. The smallest absolute Gasteiger partial charge is 0.243 e. The van der Waals surface area contributed by atoms with Crippen molar-refractivity contribution in [2.75, 3.05) is 19.6 Å². The monoisotopic (exact) mass is 378 g/mol. The molecule has 7 heteroatoms. The number of guanidine groups is 1. The molecule has 0 spiro atoms. The SMILES string of the molecule is CCNC(=NCc1ccccc1S(=O)(=O)N1CCCCC1)NC1CC1C. The highest BCUT2D eigenvalue weighted by atomic mass is 32.2. The van der Waals surface area contributed by atoms with Crippen molar-refractivity contribution >= 4 is 16.0 Å². The van der Waals surface area contributed by atoms with Crippen molar-refractivity contribution < 1.29 is 8.42 Å². The number of aliphatic imine (C=N–C) groups is 1. The maximum atomic E-state index is 13.1. The number of sulfonamides is 1. The first kappa shape index (κ1) is 19.2. The fourth-order valence-corrected chi connectivity index (χ4v) is 5.05. The third-order valence-electron chi connectivity index (χ3n) is 5.09. The van der Waals surface area contributed by atoms with E-state index < -0.39 is 10.0 Å². The van der Waals surface area contributed by atoms with Crippen molar-refractivity contribution in [3.05, 3.63) is 29.8 Å². The molecule has 0 amide bonds. The van der Waals surface area contributed by atoms with Crippen LogP contribution in [0.2, 0.25) is 0 Å². The second-order valence-corrected chi connectivity index (χ2v) is 9.14. The van der Waals surface area contributed by atoms with E-state index in [0.29, 0.717) is 36.5 Å². The van der Waals surface area contributed by atoms with E-state index in [1.54, 1.807) is 16.4 Å². The summed E-state index contributed by atoms with van der Waals surface area (Å²) in [7, 11) is -3.45. The molecule has 0 bridgehead atoms. The van der Waals surface area contributed by atoms with E-state index in [0.717, 1.165) is 43.8 Å². The van der Waals surface area contributed by atoms with Gasteiger partial charge in [-0.05, 0) is 43.7 Å². The molecule has 1 saturated carbocycles. The summed E-state index contributed by atoms with van der Waals surface area (Å²) in [5, 5.41) is 6.66. The molecule has 6 nitrogen and oxygen atoms in total. The highest BCUT2D eigenvalue weighted by molar-refractivity contribution is 7.89.